The van der Waals surface area contributed by atoms with Crippen molar-refractivity contribution in [2.24, 2.45) is 0 Å². The number of aromatic nitrogens is 2. The van der Waals surface area contributed by atoms with Crippen LogP contribution in [0.2, 0.25) is 10.0 Å². The Morgan fingerprint density at radius 3 is 2.50 bits per heavy atom. The molecule has 1 aliphatic heterocycles. The maximum atomic E-state index is 13.9. The van der Waals surface area contributed by atoms with Crippen LogP contribution in [-0.2, 0) is 0 Å². The highest BCUT2D eigenvalue weighted by molar-refractivity contribution is 6.42. The molecule has 2 heterocycles. The second kappa shape index (κ2) is 8.33. The van der Waals surface area contributed by atoms with Gasteiger partial charge in [-0.05, 0) is 54.8 Å². The van der Waals surface area contributed by atoms with Crippen LogP contribution in [0.3, 0.4) is 0 Å². The number of halogens is 5. The molecule has 4 rings (SSSR count). The van der Waals surface area contributed by atoms with Crippen molar-refractivity contribution in [3.8, 4) is 0 Å². The quantitative estimate of drug-likeness (QED) is 0.435. The lowest BCUT2D eigenvalue weighted by molar-refractivity contribution is -0.173. The molecule has 168 valence electrons. The lowest BCUT2D eigenvalue weighted by Gasteiger charge is -2.33. The van der Waals surface area contributed by atoms with Gasteiger partial charge in [-0.1, -0.05) is 35.3 Å². The van der Waals surface area contributed by atoms with E-state index in [9.17, 15) is 18.0 Å². The van der Waals surface area contributed by atoms with Crippen molar-refractivity contribution >= 4 is 40.6 Å². The van der Waals surface area contributed by atoms with Crippen LogP contribution in [0.5, 0.6) is 0 Å². The van der Waals surface area contributed by atoms with Crippen LogP contribution >= 0.6 is 23.2 Å². The first kappa shape index (κ1) is 22.5. The molecule has 2 N–H and O–H groups in total. The second-order valence-electron chi connectivity index (χ2n) is 7.78. The smallest absolute Gasteiger partial charge is 0.363 e. The minimum absolute atomic E-state index is 0.0971. The molecule has 0 aliphatic carbocycles. The Morgan fingerprint density at radius 1 is 1.09 bits per heavy atom. The minimum Gasteiger partial charge on any atom is -0.363 e. The van der Waals surface area contributed by atoms with E-state index in [2.05, 4.69) is 15.7 Å². The lowest BCUT2D eigenvalue weighted by atomic mass is 9.97. The van der Waals surface area contributed by atoms with Gasteiger partial charge in [0, 0.05) is 18.2 Å². The van der Waals surface area contributed by atoms with Crippen LogP contribution in [0.25, 0.3) is 0 Å². The van der Waals surface area contributed by atoms with Gasteiger partial charge in [0.25, 0.3) is 5.91 Å². The van der Waals surface area contributed by atoms with Crippen molar-refractivity contribution < 1.29 is 18.0 Å². The van der Waals surface area contributed by atoms with Gasteiger partial charge in [0.2, 0.25) is 0 Å². The summed E-state index contributed by atoms with van der Waals surface area (Å²) in [5, 5.41) is 10.3. The van der Waals surface area contributed by atoms with E-state index in [1.807, 2.05) is 19.9 Å². The Labute approximate surface area is 192 Å². The number of amides is 1. The fourth-order valence-corrected chi connectivity index (χ4v) is 3.95. The number of carbonyl (C=O) groups is 1. The summed E-state index contributed by atoms with van der Waals surface area (Å²) >= 11 is 12.0. The molecule has 10 heteroatoms. The van der Waals surface area contributed by atoms with Crippen LogP contribution < -0.4 is 10.6 Å². The first-order chi connectivity index (χ1) is 15.0. The SMILES string of the molecule is Cc1ccc(NC(=O)c2cc3n(n2)[C@@H](C(F)(F)F)C[C@H](c2ccc(Cl)c(Cl)c2)N3)cc1C. The Hall–Kier alpha value is -2.71. The largest absolute Gasteiger partial charge is 0.410 e. The number of aryl methyl sites for hydroxylation is 2. The van der Waals surface area contributed by atoms with Gasteiger partial charge in [-0.3, -0.25) is 4.79 Å². The standard InChI is InChI=1S/C22H19Cl2F3N4O/c1-11-3-5-14(7-12(11)2)28-21(32)18-10-20-29-17(13-4-6-15(23)16(24)8-13)9-19(22(25,26)27)31(20)30-18/h3-8,10,17,19,29H,9H2,1-2H3,(H,28,32)/t17-,19-/m1/s1. The number of carbonyl (C=O) groups excluding carboxylic acids is 1. The first-order valence-electron chi connectivity index (χ1n) is 9.79. The van der Waals surface area contributed by atoms with E-state index in [1.54, 1.807) is 18.2 Å². The molecular weight excluding hydrogens is 464 g/mol. The Morgan fingerprint density at radius 2 is 1.84 bits per heavy atom. The molecule has 5 nitrogen and oxygen atoms in total. The number of rotatable bonds is 3. The molecule has 0 unspecified atom stereocenters. The van der Waals surface area contributed by atoms with Crippen LogP contribution in [-0.4, -0.2) is 21.9 Å². The van der Waals surface area contributed by atoms with Crippen molar-refractivity contribution in [3.63, 3.8) is 0 Å². The molecule has 2 atom stereocenters. The van der Waals surface area contributed by atoms with Crippen molar-refractivity contribution in [1.82, 2.24) is 9.78 Å². The zero-order valence-electron chi connectivity index (χ0n) is 17.1. The predicted molar refractivity (Wildman–Crippen MR) is 119 cm³/mol. The third-order valence-corrected chi connectivity index (χ3v) is 6.27. The molecule has 0 radical (unpaired) electrons. The maximum Gasteiger partial charge on any atom is 0.410 e. The zero-order chi connectivity index (χ0) is 23.2. The third kappa shape index (κ3) is 4.42. The van der Waals surface area contributed by atoms with E-state index in [0.29, 0.717) is 16.3 Å². The maximum absolute atomic E-state index is 13.9. The highest BCUT2D eigenvalue weighted by Gasteiger charge is 2.46. The molecule has 0 saturated heterocycles. The van der Waals surface area contributed by atoms with E-state index in [0.717, 1.165) is 15.8 Å². The highest BCUT2D eigenvalue weighted by Crippen LogP contribution is 2.44. The number of hydrogen-bond acceptors (Lipinski definition) is 3. The van der Waals surface area contributed by atoms with Gasteiger partial charge in [0.05, 0.1) is 16.1 Å². The summed E-state index contributed by atoms with van der Waals surface area (Å²) in [4.78, 5) is 12.7. The second-order valence-corrected chi connectivity index (χ2v) is 8.59. The van der Waals surface area contributed by atoms with E-state index >= 15 is 0 Å². The average Bonchev–Trinajstić information content (AvgIpc) is 3.15. The van der Waals surface area contributed by atoms with Crippen LogP contribution in [0.4, 0.5) is 24.7 Å². The summed E-state index contributed by atoms with van der Waals surface area (Å²) < 4.78 is 42.4. The first-order valence-corrected chi connectivity index (χ1v) is 10.5. The van der Waals surface area contributed by atoms with Crippen molar-refractivity contribution in [2.45, 2.75) is 38.5 Å². The van der Waals surface area contributed by atoms with Crippen molar-refractivity contribution in [2.75, 3.05) is 10.6 Å². The lowest BCUT2D eigenvalue weighted by Crippen LogP contribution is -2.35. The third-order valence-electron chi connectivity index (χ3n) is 5.53. The molecule has 32 heavy (non-hydrogen) atoms. The Kier molecular flexibility index (Phi) is 5.85. The summed E-state index contributed by atoms with van der Waals surface area (Å²) in [6.07, 6.45) is -4.87. The summed E-state index contributed by atoms with van der Waals surface area (Å²) in [6.45, 7) is 3.85. The van der Waals surface area contributed by atoms with Crippen LogP contribution in [0.1, 0.15) is 45.7 Å². The number of alkyl halides is 3. The fraction of sp³-hybridized carbons (Fsp3) is 0.273. The fourth-order valence-electron chi connectivity index (χ4n) is 3.65. The molecule has 1 amide bonds. The average molecular weight is 483 g/mol. The number of nitrogens with one attached hydrogen (secondary N) is 2. The van der Waals surface area contributed by atoms with E-state index < -0.39 is 24.2 Å². The van der Waals surface area contributed by atoms with Gasteiger partial charge in [-0.2, -0.15) is 18.3 Å². The number of nitrogens with zero attached hydrogens (tertiary/aromatic N) is 2. The van der Waals surface area contributed by atoms with Crippen molar-refractivity contribution in [3.05, 3.63) is 74.9 Å². The molecule has 0 fully saturated rings. The summed E-state index contributed by atoms with van der Waals surface area (Å²) in [6, 6.07) is 8.81. The molecule has 0 saturated carbocycles. The summed E-state index contributed by atoms with van der Waals surface area (Å²) in [7, 11) is 0. The van der Waals surface area contributed by atoms with Gasteiger partial charge >= 0.3 is 6.18 Å². The molecule has 0 spiro atoms. The molecular formula is C22H19Cl2F3N4O. The van der Waals surface area contributed by atoms with Gasteiger partial charge in [0.1, 0.15) is 5.82 Å². The zero-order valence-corrected chi connectivity index (χ0v) is 18.6. The van der Waals surface area contributed by atoms with Gasteiger partial charge in [-0.25, -0.2) is 4.68 Å². The Balaban J connectivity index is 1.64. The number of benzene rings is 2. The summed E-state index contributed by atoms with van der Waals surface area (Å²) in [5.41, 5.74) is 3.02. The normalized spacial score (nSPS) is 18.1. The number of hydrogen-bond donors (Lipinski definition) is 2. The van der Waals surface area contributed by atoms with E-state index in [1.165, 1.54) is 18.2 Å². The van der Waals surface area contributed by atoms with Crippen LogP contribution in [0, 0.1) is 13.8 Å². The predicted octanol–water partition coefficient (Wildman–Crippen LogP) is 6.72. The van der Waals surface area contributed by atoms with E-state index in [4.69, 9.17) is 23.2 Å². The van der Waals surface area contributed by atoms with Crippen LogP contribution in [0.15, 0.2) is 42.5 Å². The summed E-state index contributed by atoms with van der Waals surface area (Å²) in [5.74, 6) is -0.496. The molecule has 0 bridgehead atoms. The highest BCUT2D eigenvalue weighted by atomic mass is 35.5. The number of fused-ring (bicyclic) bond motifs is 1. The molecule has 3 aromatic rings. The molecule has 2 aromatic carbocycles. The molecule has 1 aliphatic rings. The van der Waals surface area contributed by atoms with Gasteiger partial charge < -0.3 is 10.6 Å². The number of anilines is 2. The topological polar surface area (TPSA) is 59.0 Å². The van der Waals surface area contributed by atoms with Gasteiger partial charge in [0.15, 0.2) is 11.7 Å². The van der Waals surface area contributed by atoms with Crippen molar-refractivity contribution in [1.29, 1.82) is 0 Å². The van der Waals surface area contributed by atoms with Gasteiger partial charge in [-0.15, -0.1) is 0 Å². The molecule has 1 aromatic heterocycles. The van der Waals surface area contributed by atoms with E-state index in [-0.39, 0.29) is 23.0 Å². The minimum atomic E-state index is -4.56. The monoisotopic (exact) mass is 482 g/mol. The Bertz CT molecular complexity index is 1190.